The highest BCUT2D eigenvalue weighted by Crippen LogP contribution is 2.19. The number of nitrogens with two attached hydrogens (primary N) is 1. The predicted octanol–water partition coefficient (Wildman–Crippen LogP) is -0.257. The van der Waals surface area contributed by atoms with Gasteiger partial charge in [0.15, 0.2) is 5.82 Å². The summed E-state index contributed by atoms with van der Waals surface area (Å²) in [6, 6.07) is 2.13. The van der Waals surface area contributed by atoms with Crippen LogP contribution in [0.2, 0.25) is 0 Å². The van der Waals surface area contributed by atoms with Crippen molar-refractivity contribution in [3.8, 4) is 11.5 Å². The second kappa shape index (κ2) is 3.85. The first-order chi connectivity index (χ1) is 8.24. The molecule has 0 aliphatic carbocycles. The van der Waals surface area contributed by atoms with Crippen LogP contribution in [0, 0.1) is 0 Å². The Balaban J connectivity index is 1.86. The van der Waals surface area contributed by atoms with E-state index in [4.69, 9.17) is 5.73 Å². The first-order valence-corrected chi connectivity index (χ1v) is 5.65. The molecule has 3 N–H and O–H groups in total. The highest BCUT2D eigenvalue weighted by molar-refractivity contribution is 5.51. The van der Waals surface area contributed by atoms with Crippen LogP contribution in [0.15, 0.2) is 12.3 Å². The van der Waals surface area contributed by atoms with Gasteiger partial charge in [-0.3, -0.25) is 9.78 Å². The second-order valence-electron chi connectivity index (χ2n) is 4.32. The largest absolute Gasteiger partial charge is 0.338 e. The third-order valence-corrected chi connectivity index (χ3v) is 3.04. The number of nitrogens with one attached hydrogen (secondary N) is 1. The summed E-state index contributed by atoms with van der Waals surface area (Å²) < 4.78 is 1.76. The van der Waals surface area contributed by atoms with Gasteiger partial charge in [-0.2, -0.15) is 10.1 Å². The van der Waals surface area contributed by atoms with Crippen LogP contribution in [0.5, 0.6) is 0 Å². The Hall–Kier alpha value is -1.89. The van der Waals surface area contributed by atoms with E-state index in [0.717, 1.165) is 31.0 Å². The maximum atomic E-state index is 5.87. The Labute approximate surface area is 98.6 Å². The number of aryl methyl sites for hydroxylation is 1. The molecule has 0 aromatic carbocycles. The van der Waals surface area contributed by atoms with Crippen LogP contribution < -0.4 is 10.6 Å². The van der Waals surface area contributed by atoms with Gasteiger partial charge in [0, 0.05) is 32.4 Å². The van der Waals surface area contributed by atoms with E-state index in [1.807, 2.05) is 13.1 Å². The third kappa shape index (κ3) is 1.78. The number of nitrogens with zero attached hydrogens (tertiary/aromatic N) is 5. The van der Waals surface area contributed by atoms with E-state index < -0.39 is 0 Å². The molecule has 2 aromatic heterocycles. The molecule has 7 nitrogen and oxygen atoms in total. The molecule has 0 radical (unpaired) electrons. The highest BCUT2D eigenvalue weighted by atomic mass is 15.4. The number of H-pyrrole nitrogens is 1. The zero-order chi connectivity index (χ0) is 11.8. The van der Waals surface area contributed by atoms with Gasteiger partial charge in [0.1, 0.15) is 5.69 Å². The summed E-state index contributed by atoms with van der Waals surface area (Å²) in [6.45, 7) is 1.74. The van der Waals surface area contributed by atoms with E-state index in [2.05, 4.69) is 25.2 Å². The number of aromatic amines is 1. The van der Waals surface area contributed by atoms with Crippen LogP contribution in [-0.4, -0.2) is 44.1 Å². The summed E-state index contributed by atoms with van der Waals surface area (Å²) >= 11 is 0. The summed E-state index contributed by atoms with van der Waals surface area (Å²) in [5.41, 5.74) is 6.79. The monoisotopic (exact) mass is 233 g/mol. The van der Waals surface area contributed by atoms with Crippen molar-refractivity contribution in [2.75, 3.05) is 18.0 Å². The molecule has 1 saturated heterocycles. The second-order valence-corrected chi connectivity index (χ2v) is 4.32. The van der Waals surface area contributed by atoms with Crippen molar-refractivity contribution < 1.29 is 0 Å². The number of hydrogen-bond acceptors (Lipinski definition) is 5. The van der Waals surface area contributed by atoms with Gasteiger partial charge in [-0.05, 0) is 12.5 Å². The molecule has 1 fully saturated rings. The minimum atomic E-state index is 0.230. The average molecular weight is 233 g/mol. The molecular weight excluding hydrogens is 218 g/mol. The van der Waals surface area contributed by atoms with Gasteiger partial charge in [0.25, 0.3) is 0 Å². The Morgan fingerprint density at radius 1 is 1.53 bits per heavy atom. The molecule has 2 aromatic rings. The summed E-state index contributed by atoms with van der Waals surface area (Å²) in [7, 11) is 1.88. The van der Waals surface area contributed by atoms with Gasteiger partial charge in [0.2, 0.25) is 5.95 Å². The Morgan fingerprint density at radius 3 is 3.06 bits per heavy atom. The molecule has 0 bridgehead atoms. The van der Waals surface area contributed by atoms with E-state index in [9.17, 15) is 0 Å². The van der Waals surface area contributed by atoms with Crippen LogP contribution in [0.25, 0.3) is 11.5 Å². The van der Waals surface area contributed by atoms with Gasteiger partial charge >= 0.3 is 0 Å². The summed E-state index contributed by atoms with van der Waals surface area (Å²) in [5.74, 6) is 1.45. The van der Waals surface area contributed by atoms with Crippen LogP contribution >= 0.6 is 0 Å². The SMILES string of the molecule is Cn1nccc1-c1nc(N2CCC(N)C2)n[nH]1. The van der Waals surface area contributed by atoms with Crippen molar-refractivity contribution >= 4 is 5.95 Å². The van der Waals surface area contributed by atoms with E-state index >= 15 is 0 Å². The highest BCUT2D eigenvalue weighted by Gasteiger charge is 2.22. The quantitative estimate of drug-likeness (QED) is 0.746. The molecular formula is C10H15N7. The van der Waals surface area contributed by atoms with E-state index in [1.165, 1.54) is 0 Å². The van der Waals surface area contributed by atoms with Crippen LogP contribution in [0.1, 0.15) is 6.42 Å². The summed E-state index contributed by atoms with van der Waals surface area (Å²) in [4.78, 5) is 6.57. The van der Waals surface area contributed by atoms with E-state index in [-0.39, 0.29) is 6.04 Å². The van der Waals surface area contributed by atoms with Crippen LogP contribution in [0.4, 0.5) is 5.95 Å². The van der Waals surface area contributed by atoms with Gasteiger partial charge < -0.3 is 10.6 Å². The molecule has 0 spiro atoms. The van der Waals surface area contributed by atoms with Gasteiger partial charge in [-0.15, -0.1) is 5.10 Å². The van der Waals surface area contributed by atoms with Crippen molar-refractivity contribution in [3.63, 3.8) is 0 Å². The third-order valence-electron chi connectivity index (χ3n) is 3.04. The molecule has 90 valence electrons. The fourth-order valence-electron chi connectivity index (χ4n) is 2.08. The minimum absolute atomic E-state index is 0.230. The topological polar surface area (TPSA) is 88.7 Å². The fourth-order valence-corrected chi connectivity index (χ4v) is 2.08. The van der Waals surface area contributed by atoms with Crippen molar-refractivity contribution in [3.05, 3.63) is 12.3 Å². The molecule has 17 heavy (non-hydrogen) atoms. The van der Waals surface area contributed by atoms with Crippen molar-refractivity contribution in [2.45, 2.75) is 12.5 Å². The molecule has 0 amide bonds. The Kier molecular flexibility index (Phi) is 2.32. The van der Waals surface area contributed by atoms with Crippen molar-refractivity contribution in [1.29, 1.82) is 0 Å². The minimum Gasteiger partial charge on any atom is -0.338 e. The lowest BCUT2D eigenvalue weighted by Gasteiger charge is -2.11. The Morgan fingerprint density at radius 2 is 2.41 bits per heavy atom. The molecule has 0 saturated carbocycles. The lowest BCUT2D eigenvalue weighted by molar-refractivity contribution is 0.750. The number of hydrogen-bond donors (Lipinski definition) is 2. The first kappa shape index (κ1) is 10.3. The molecule has 3 heterocycles. The lowest BCUT2D eigenvalue weighted by atomic mass is 10.3. The zero-order valence-corrected chi connectivity index (χ0v) is 9.67. The van der Waals surface area contributed by atoms with E-state index in [0.29, 0.717) is 5.95 Å². The lowest BCUT2D eigenvalue weighted by Crippen LogP contribution is -2.26. The van der Waals surface area contributed by atoms with Gasteiger partial charge in [-0.25, -0.2) is 0 Å². The summed E-state index contributed by atoms with van der Waals surface area (Å²) in [6.07, 6.45) is 2.73. The summed E-state index contributed by atoms with van der Waals surface area (Å²) in [5, 5.41) is 11.3. The molecule has 3 rings (SSSR count). The maximum absolute atomic E-state index is 5.87. The molecule has 7 heteroatoms. The van der Waals surface area contributed by atoms with Crippen LogP contribution in [-0.2, 0) is 7.05 Å². The molecule has 1 atom stereocenters. The molecule has 1 unspecified atom stereocenters. The first-order valence-electron chi connectivity index (χ1n) is 5.65. The number of aromatic nitrogens is 5. The van der Waals surface area contributed by atoms with E-state index in [1.54, 1.807) is 10.9 Å². The van der Waals surface area contributed by atoms with Crippen molar-refractivity contribution in [1.82, 2.24) is 25.0 Å². The van der Waals surface area contributed by atoms with Crippen molar-refractivity contribution in [2.24, 2.45) is 12.8 Å². The zero-order valence-electron chi connectivity index (χ0n) is 9.67. The van der Waals surface area contributed by atoms with Crippen LogP contribution in [0.3, 0.4) is 0 Å². The number of rotatable bonds is 2. The fraction of sp³-hybridized carbons (Fsp3) is 0.500. The normalized spacial score (nSPS) is 20.1. The molecule has 1 aliphatic rings. The maximum Gasteiger partial charge on any atom is 0.245 e. The predicted molar refractivity (Wildman–Crippen MR) is 63.4 cm³/mol. The molecule has 1 aliphatic heterocycles. The average Bonchev–Trinajstić information content (AvgIpc) is 2.97. The standard InChI is InChI=1S/C10H15N7/c1-16-8(2-4-12-16)9-13-10(15-14-9)17-5-3-7(11)6-17/h2,4,7H,3,5-6,11H2,1H3,(H,13,14,15). The number of anilines is 1. The Bertz CT molecular complexity index is 514. The van der Waals surface area contributed by atoms with Gasteiger partial charge in [-0.1, -0.05) is 0 Å². The van der Waals surface area contributed by atoms with Gasteiger partial charge in [0.05, 0.1) is 0 Å². The smallest absolute Gasteiger partial charge is 0.245 e.